The highest BCUT2D eigenvalue weighted by atomic mass is 16.1. The highest BCUT2D eigenvalue weighted by molar-refractivity contribution is 5.92. The van der Waals surface area contributed by atoms with Gasteiger partial charge in [-0.25, -0.2) is 0 Å². The van der Waals surface area contributed by atoms with Crippen molar-refractivity contribution in [2.45, 2.75) is 45.4 Å². The number of hydrogen-bond acceptors (Lipinski definition) is 2. The third-order valence-electron chi connectivity index (χ3n) is 4.91. The summed E-state index contributed by atoms with van der Waals surface area (Å²) in [4.78, 5) is 24.0. The molecule has 0 aromatic carbocycles. The van der Waals surface area contributed by atoms with Crippen LogP contribution in [0.5, 0.6) is 0 Å². The summed E-state index contributed by atoms with van der Waals surface area (Å²) in [5, 5.41) is 0. The zero-order chi connectivity index (χ0) is 10.6. The molecule has 0 N–H and O–H groups in total. The molecule has 82 valence electrons. The molecule has 2 heteroatoms. The molecule has 4 aliphatic rings. The van der Waals surface area contributed by atoms with Gasteiger partial charge in [-0.05, 0) is 38.0 Å². The van der Waals surface area contributed by atoms with Gasteiger partial charge in [-0.1, -0.05) is 6.92 Å². The monoisotopic (exact) mass is 206 g/mol. The van der Waals surface area contributed by atoms with Crippen LogP contribution in [0.2, 0.25) is 0 Å². The standard InChI is InChI=1S/C13H18O2/c1-2-11(14)13-5-8-3-9(6-13)12(15)10(4-8)7-13/h8-10H,2-7H2,1H3. The average molecular weight is 206 g/mol. The van der Waals surface area contributed by atoms with Crippen LogP contribution in [-0.2, 0) is 9.59 Å². The molecule has 0 spiro atoms. The summed E-state index contributed by atoms with van der Waals surface area (Å²) in [7, 11) is 0. The molecule has 4 bridgehead atoms. The van der Waals surface area contributed by atoms with Gasteiger partial charge in [-0.15, -0.1) is 0 Å². The minimum atomic E-state index is -0.0703. The van der Waals surface area contributed by atoms with E-state index < -0.39 is 0 Å². The predicted octanol–water partition coefficient (Wildman–Crippen LogP) is 2.36. The van der Waals surface area contributed by atoms with Crippen molar-refractivity contribution >= 4 is 11.6 Å². The van der Waals surface area contributed by atoms with Gasteiger partial charge in [-0.2, -0.15) is 0 Å². The largest absolute Gasteiger partial charge is 0.299 e. The van der Waals surface area contributed by atoms with Gasteiger partial charge in [0.1, 0.15) is 11.6 Å². The van der Waals surface area contributed by atoms with Crippen molar-refractivity contribution in [2.24, 2.45) is 23.2 Å². The van der Waals surface area contributed by atoms with Crippen molar-refractivity contribution in [3.8, 4) is 0 Å². The summed E-state index contributed by atoms with van der Waals surface area (Å²) < 4.78 is 0. The smallest absolute Gasteiger partial charge is 0.139 e. The zero-order valence-electron chi connectivity index (χ0n) is 9.29. The molecule has 4 fully saturated rings. The normalized spacial score (nSPS) is 47.3. The van der Waals surface area contributed by atoms with Gasteiger partial charge >= 0.3 is 0 Å². The Kier molecular flexibility index (Phi) is 1.87. The second-order valence-electron chi connectivity index (χ2n) is 5.80. The fraction of sp³-hybridized carbons (Fsp3) is 0.846. The molecule has 2 unspecified atom stereocenters. The summed E-state index contributed by atoms with van der Waals surface area (Å²) in [6.07, 6.45) is 5.65. The van der Waals surface area contributed by atoms with Gasteiger partial charge in [0.25, 0.3) is 0 Å². The van der Waals surface area contributed by atoms with Crippen molar-refractivity contribution in [3.63, 3.8) is 0 Å². The average Bonchev–Trinajstić information content (AvgIpc) is 2.23. The van der Waals surface area contributed by atoms with Crippen molar-refractivity contribution < 1.29 is 9.59 Å². The van der Waals surface area contributed by atoms with E-state index in [4.69, 9.17) is 0 Å². The van der Waals surface area contributed by atoms with Crippen LogP contribution < -0.4 is 0 Å². The lowest BCUT2D eigenvalue weighted by Gasteiger charge is -2.54. The van der Waals surface area contributed by atoms with Crippen LogP contribution in [-0.4, -0.2) is 11.6 Å². The van der Waals surface area contributed by atoms with E-state index in [1.54, 1.807) is 0 Å². The maximum absolute atomic E-state index is 12.1. The Hall–Kier alpha value is -0.660. The fourth-order valence-electron chi connectivity index (χ4n) is 4.46. The maximum atomic E-state index is 12.1. The van der Waals surface area contributed by atoms with Crippen molar-refractivity contribution in [1.29, 1.82) is 0 Å². The van der Waals surface area contributed by atoms with Crippen LogP contribution in [0.25, 0.3) is 0 Å². The lowest BCUT2D eigenvalue weighted by atomic mass is 9.48. The SMILES string of the molecule is CCC(=O)C12CC3CC(C1)C(=O)C(C3)C2. The van der Waals surface area contributed by atoms with Crippen LogP contribution in [0.15, 0.2) is 0 Å². The van der Waals surface area contributed by atoms with E-state index in [1.165, 1.54) is 0 Å². The van der Waals surface area contributed by atoms with Gasteiger partial charge < -0.3 is 0 Å². The Bertz CT molecular complexity index is 313. The third kappa shape index (κ3) is 1.17. The molecule has 0 heterocycles. The first-order chi connectivity index (χ1) is 7.14. The quantitative estimate of drug-likeness (QED) is 0.695. The first-order valence-electron chi connectivity index (χ1n) is 6.21. The van der Waals surface area contributed by atoms with Crippen LogP contribution in [0.3, 0.4) is 0 Å². The number of carbonyl (C=O) groups is 2. The number of hydrogen-bond donors (Lipinski definition) is 0. The van der Waals surface area contributed by atoms with Crippen molar-refractivity contribution in [1.82, 2.24) is 0 Å². The van der Waals surface area contributed by atoms with Gasteiger partial charge in [0.2, 0.25) is 0 Å². The van der Waals surface area contributed by atoms with E-state index in [0.717, 1.165) is 32.1 Å². The van der Waals surface area contributed by atoms with E-state index in [9.17, 15) is 9.59 Å². The predicted molar refractivity (Wildman–Crippen MR) is 56.3 cm³/mol. The number of Topliss-reactive ketones (excluding diaryl/α,β-unsaturated/α-hetero) is 2. The minimum absolute atomic E-state index is 0.0703. The highest BCUT2D eigenvalue weighted by Gasteiger charge is 2.57. The molecule has 0 aliphatic heterocycles. The van der Waals surface area contributed by atoms with E-state index in [0.29, 0.717) is 23.9 Å². The number of carbonyl (C=O) groups excluding carboxylic acids is 2. The van der Waals surface area contributed by atoms with Crippen LogP contribution in [0, 0.1) is 23.2 Å². The molecule has 15 heavy (non-hydrogen) atoms. The molecule has 2 atom stereocenters. The molecule has 0 saturated heterocycles. The summed E-state index contributed by atoms with van der Waals surface area (Å²) in [6.45, 7) is 1.96. The molecule has 0 aromatic heterocycles. The summed E-state index contributed by atoms with van der Waals surface area (Å²) >= 11 is 0. The lowest BCUT2D eigenvalue weighted by Crippen LogP contribution is -2.54. The van der Waals surface area contributed by atoms with Crippen molar-refractivity contribution in [3.05, 3.63) is 0 Å². The Balaban J connectivity index is 1.95. The summed E-state index contributed by atoms with van der Waals surface area (Å²) in [5.74, 6) is 2.06. The number of ketones is 2. The van der Waals surface area contributed by atoms with Crippen LogP contribution in [0.1, 0.15) is 45.4 Å². The van der Waals surface area contributed by atoms with Crippen LogP contribution >= 0.6 is 0 Å². The molecule has 4 saturated carbocycles. The van der Waals surface area contributed by atoms with Gasteiger partial charge in [0.05, 0.1) is 0 Å². The van der Waals surface area contributed by atoms with Crippen molar-refractivity contribution in [2.75, 3.05) is 0 Å². The third-order valence-corrected chi connectivity index (χ3v) is 4.91. The van der Waals surface area contributed by atoms with Crippen LogP contribution in [0.4, 0.5) is 0 Å². The Morgan fingerprint density at radius 3 is 2.40 bits per heavy atom. The Morgan fingerprint density at radius 2 is 1.87 bits per heavy atom. The van der Waals surface area contributed by atoms with E-state index >= 15 is 0 Å². The molecule has 0 radical (unpaired) electrons. The van der Waals surface area contributed by atoms with E-state index in [1.807, 2.05) is 6.92 Å². The molecule has 4 aliphatic carbocycles. The lowest BCUT2D eigenvalue weighted by molar-refractivity contribution is -0.156. The summed E-state index contributed by atoms with van der Waals surface area (Å²) in [5.41, 5.74) is -0.0703. The van der Waals surface area contributed by atoms with Gasteiger partial charge in [0.15, 0.2) is 0 Å². The van der Waals surface area contributed by atoms with E-state index in [-0.39, 0.29) is 17.3 Å². The van der Waals surface area contributed by atoms with Gasteiger partial charge in [0, 0.05) is 23.7 Å². The second-order valence-corrected chi connectivity index (χ2v) is 5.80. The molecule has 0 amide bonds. The van der Waals surface area contributed by atoms with Gasteiger partial charge in [-0.3, -0.25) is 9.59 Å². The molecule has 0 aromatic rings. The number of rotatable bonds is 2. The Labute approximate surface area is 90.4 Å². The maximum Gasteiger partial charge on any atom is 0.139 e. The topological polar surface area (TPSA) is 34.1 Å². The molecule has 4 rings (SSSR count). The molecule has 2 nitrogen and oxygen atoms in total. The summed E-state index contributed by atoms with van der Waals surface area (Å²) in [6, 6.07) is 0. The molecular formula is C13H18O2. The Morgan fingerprint density at radius 1 is 1.27 bits per heavy atom. The first kappa shape index (κ1) is 9.56. The second kappa shape index (κ2) is 2.93. The minimum Gasteiger partial charge on any atom is -0.299 e. The fourth-order valence-corrected chi connectivity index (χ4v) is 4.46. The highest BCUT2D eigenvalue weighted by Crippen LogP contribution is 2.59. The molecular weight excluding hydrogens is 188 g/mol. The van der Waals surface area contributed by atoms with E-state index in [2.05, 4.69) is 0 Å². The zero-order valence-corrected chi connectivity index (χ0v) is 9.29. The first-order valence-corrected chi connectivity index (χ1v) is 6.21.